The Morgan fingerprint density at radius 3 is 2.38 bits per heavy atom. The Balaban J connectivity index is 1.40. The summed E-state index contributed by atoms with van der Waals surface area (Å²) in [7, 11) is 0. The number of nitrogens with one attached hydrogen (secondary N) is 2. The molecule has 0 saturated carbocycles. The Labute approximate surface area is 235 Å². The lowest BCUT2D eigenvalue weighted by atomic mass is 10.2. The van der Waals surface area contributed by atoms with Crippen LogP contribution in [0.3, 0.4) is 0 Å². The van der Waals surface area contributed by atoms with Crippen molar-refractivity contribution in [1.82, 2.24) is 20.1 Å². The number of halogens is 1. The maximum absolute atomic E-state index is 12.6. The van der Waals surface area contributed by atoms with E-state index in [1.165, 1.54) is 11.8 Å². The van der Waals surface area contributed by atoms with Crippen molar-refractivity contribution < 1.29 is 19.1 Å². The number of anilines is 1. The van der Waals surface area contributed by atoms with Gasteiger partial charge in [-0.3, -0.25) is 14.2 Å². The number of hydrogen-bond donors (Lipinski definition) is 2. The zero-order valence-electron chi connectivity index (χ0n) is 21.5. The summed E-state index contributed by atoms with van der Waals surface area (Å²) in [4.78, 5) is 25.1. The summed E-state index contributed by atoms with van der Waals surface area (Å²) < 4.78 is 12.8. The molecule has 0 radical (unpaired) electrons. The highest BCUT2D eigenvalue weighted by Crippen LogP contribution is 2.24. The smallest absolute Gasteiger partial charge is 0.258 e. The van der Waals surface area contributed by atoms with Gasteiger partial charge in [-0.25, -0.2) is 0 Å². The van der Waals surface area contributed by atoms with Crippen molar-refractivity contribution in [3.05, 3.63) is 89.2 Å². The van der Waals surface area contributed by atoms with Crippen LogP contribution < -0.4 is 20.1 Å². The normalized spacial score (nSPS) is 10.6. The van der Waals surface area contributed by atoms with Crippen molar-refractivity contribution in [2.45, 2.75) is 25.5 Å². The van der Waals surface area contributed by atoms with Crippen LogP contribution in [0.15, 0.2) is 78.0 Å². The van der Waals surface area contributed by atoms with Gasteiger partial charge in [0.25, 0.3) is 5.91 Å². The zero-order valence-corrected chi connectivity index (χ0v) is 23.1. The van der Waals surface area contributed by atoms with E-state index in [-0.39, 0.29) is 30.7 Å². The first-order valence-corrected chi connectivity index (χ1v) is 13.6. The molecule has 0 atom stereocenters. The second kappa shape index (κ2) is 13.7. The largest absolute Gasteiger partial charge is 0.494 e. The predicted octanol–water partition coefficient (Wildman–Crippen LogP) is 5.05. The number of thioether (sulfide) groups is 1. The number of aromatic nitrogens is 3. The average molecular weight is 566 g/mol. The lowest BCUT2D eigenvalue weighted by molar-refractivity contribution is -0.123. The number of benzene rings is 3. The van der Waals surface area contributed by atoms with Crippen molar-refractivity contribution >= 4 is 40.9 Å². The first-order valence-electron chi connectivity index (χ1n) is 12.2. The molecule has 4 rings (SSSR count). The number of hydrogen-bond acceptors (Lipinski definition) is 7. The van der Waals surface area contributed by atoms with E-state index in [0.717, 1.165) is 17.0 Å². The second-order valence-electron chi connectivity index (χ2n) is 8.39. The molecule has 0 aliphatic heterocycles. The SMILES string of the molecule is CCOc1ccc(NC(=O)CSc2nnc(CNC(=O)COc3ccc(Cl)cc3)n2-c2cccc(C)c2)cc1. The Kier molecular flexibility index (Phi) is 9.82. The standard InChI is InChI=1S/C28H28ClN5O4S/c1-3-37-23-13-9-21(10-14-23)31-27(36)18-39-28-33-32-25(34(28)22-6-4-5-19(2)15-22)16-30-26(35)17-38-24-11-7-20(29)8-12-24/h4-15H,3,16-18H2,1-2H3,(H,30,35)(H,31,36). The summed E-state index contributed by atoms with van der Waals surface area (Å²) in [5.41, 5.74) is 2.56. The Morgan fingerprint density at radius 1 is 0.949 bits per heavy atom. The third-order valence-corrected chi connectivity index (χ3v) is 6.55. The molecule has 0 saturated heterocycles. The number of carbonyl (C=O) groups excluding carboxylic acids is 2. The van der Waals surface area contributed by atoms with Crippen LogP contribution in [0.25, 0.3) is 5.69 Å². The molecule has 1 heterocycles. The summed E-state index contributed by atoms with van der Waals surface area (Å²) in [6.07, 6.45) is 0. The average Bonchev–Trinajstić information content (AvgIpc) is 3.34. The van der Waals surface area contributed by atoms with Gasteiger partial charge in [-0.1, -0.05) is 35.5 Å². The van der Waals surface area contributed by atoms with Gasteiger partial charge in [0, 0.05) is 16.4 Å². The van der Waals surface area contributed by atoms with Crippen LogP contribution in [0.1, 0.15) is 18.3 Å². The second-order valence-corrected chi connectivity index (χ2v) is 9.77. The quantitative estimate of drug-likeness (QED) is 0.231. The van der Waals surface area contributed by atoms with E-state index in [9.17, 15) is 9.59 Å². The number of rotatable bonds is 12. The van der Waals surface area contributed by atoms with Crippen molar-refractivity contribution in [3.63, 3.8) is 0 Å². The topological polar surface area (TPSA) is 107 Å². The molecule has 11 heteroatoms. The molecule has 2 amide bonds. The van der Waals surface area contributed by atoms with Crippen LogP contribution in [0.2, 0.25) is 5.02 Å². The molecule has 0 bridgehead atoms. The van der Waals surface area contributed by atoms with Gasteiger partial charge in [0.05, 0.1) is 18.9 Å². The van der Waals surface area contributed by atoms with Gasteiger partial charge in [0.15, 0.2) is 17.6 Å². The molecule has 0 spiro atoms. The van der Waals surface area contributed by atoms with E-state index < -0.39 is 0 Å². The highest BCUT2D eigenvalue weighted by Gasteiger charge is 2.17. The van der Waals surface area contributed by atoms with Crippen LogP contribution in [0, 0.1) is 6.92 Å². The van der Waals surface area contributed by atoms with E-state index in [0.29, 0.717) is 34.0 Å². The highest BCUT2D eigenvalue weighted by atomic mass is 35.5. The molecular formula is C28H28ClN5O4S. The van der Waals surface area contributed by atoms with Crippen LogP contribution >= 0.6 is 23.4 Å². The summed E-state index contributed by atoms with van der Waals surface area (Å²) >= 11 is 7.14. The van der Waals surface area contributed by atoms with Gasteiger partial charge in [-0.15, -0.1) is 10.2 Å². The summed E-state index contributed by atoms with van der Waals surface area (Å²) in [6, 6.07) is 21.8. The maximum Gasteiger partial charge on any atom is 0.258 e. The number of amides is 2. The molecule has 4 aromatic rings. The molecule has 0 aliphatic carbocycles. The summed E-state index contributed by atoms with van der Waals surface area (Å²) in [6.45, 7) is 4.45. The molecule has 202 valence electrons. The molecule has 1 aromatic heterocycles. The minimum Gasteiger partial charge on any atom is -0.494 e. The van der Waals surface area contributed by atoms with Crippen molar-refractivity contribution in [2.75, 3.05) is 24.3 Å². The minimum atomic E-state index is -0.312. The Bertz CT molecular complexity index is 1410. The number of carbonyl (C=O) groups is 2. The van der Waals surface area contributed by atoms with Crippen LogP contribution in [0.5, 0.6) is 11.5 Å². The predicted molar refractivity (Wildman–Crippen MR) is 152 cm³/mol. The molecule has 0 unspecified atom stereocenters. The number of nitrogens with zero attached hydrogens (tertiary/aromatic N) is 3. The van der Waals surface area contributed by atoms with E-state index in [1.54, 1.807) is 36.4 Å². The Morgan fingerprint density at radius 2 is 1.67 bits per heavy atom. The summed E-state index contributed by atoms with van der Waals surface area (Å²) in [5.74, 6) is 1.44. The van der Waals surface area contributed by atoms with Crippen molar-refractivity contribution in [3.8, 4) is 17.2 Å². The Hall–Kier alpha value is -4.02. The van der Waals surface area contributed by atoms with Crippen molar-refractivity contribution in [1.29, 1.82) is 0 Å². The third-order valence-electron chi connectivity index (χ3n) is 5.37. The lowest BCUT2D eigenvalue weighted by Gasteiger charge is -2.12. The zero-order chi connectivity index (χ0) is 27.6. The van der Waals surface area contributed by atoms with Crippen LogP contribution in [-0.4, -0.2) is 45.5 Å². The van der Waals surface area contributed by atoms with E-state index >= 15 is 0 Å². The minimum absolute atomic E-state index is 0.123. The van der Waals surface area contributed by atoms with Gasteiger partial charge >= 0.3 is 0 Å². The van der Waals surface area contributed by atoms with Crippen LogP contribution in [0.4, 0.5) is 5.69 Å². The maximum atomic E-state index is 12.6. The highest BCUT2D eigenvalue weighted by molar-refractivity contribution is 7.99. The first-order chi connectivity index (χ1) is 18.9. The molecule has 0 fully saturated rings. The van der Waals surface area contributed by atoms with E-state index in [1.807, 2.05) is 54.8 Å². The summed E-state index contributed by atoms with van der Waals surface area (Å²) in [5, 5.41) is 15.4. The molecule has 0 aliphatic rings. The number of ether oxygens (including phenoxy) is 2. The van der Waals surface area contributed by atoms with E-state index in [2.05, 4.69) is 20.8 Å². The van der Waals surface area contributed by atoms with Crippen molar-refractivity contribution in [2.24, 2.45) is 0 Å². The third kappa shape index (κ3) is 8.23. The lowest BCUT2D eigenvalue weighted by Crippen LogP contribution is -2.29. The van der Waals surface area contributed by atoms with Crippen LogP contribution in [-0.2, 0) is 16.1 Å². The fraction of sp³-hybridized carbons (Fsp3) is 0.214. The van der Waals surface area contributed by atoms with Gasteiger partial charge in [0.1, 0.15) is 11.5 Å². The molecular weight excluding hydrogens is 538 g/mol. The molecule has 9 nitrogen and oxygen atoms in total. The van der Waals surface area contributed by atoms with Gasteiger partial charge in [-0.2, -0.15) is 0 Å². The molecule has 3 aromatic carbocycles. The monoisotopic (exact) mass is 565 g/mol. The fourth-order valence-corrected chi connectivity index (χ4v) is 4.47. The van der Waals surface area contributed by atoms with Gasteiger partial charge in [0.2, 0.25) is 5.91 Å². The molecule has 2 N–H and O–H groups in total. The first kappa shape index (κ1) is 28.0. The van der Waals surface area contributed by atoms with Gasteiger partial charge in [-0.05, 0) is 80.1 Å². The number of aryl methyl sites for hydroxylation is 1. The van der Waals surface area contributed by atoms with Gasteiger partial charge < -0.3 is 20.1 Å². The fourth-order valence-electron chi connectivity index (χ4n) is 3.57. The van der Waals surface area contributed by atoms with E-state index in [4.69, 9.17) is 21.1 Å². The molecule has 39 heavy (non-hydrogen) atoms.